The van der Waals surface area contributed by atoms with E-state index in [1.54, 1.807) is 0 Å². The van der Waals surface area contributed by atoms with Crippen molar-refractivity contribution in [2.24, 2.45) is 0 Å². The number of allylic oxidation sites excluding steroid dienone is 1. The highest BCUT2D eigenvalue weighted by Gasteiger charge is 2.19. The van der Waals surface area contributed by atoms with Crippen LogP contribution in [0.25, 0.3) is 0 Å². The van der Waals surface area contributed by atoms with E-state index in [0.717, 1.165) is 41.0 Å². The van der Waals surface area contributed by atoms with Crippen molar-refractivity contribution in [3.63, 3.8) is 0 Å². The van der Waals surface area contributed by atoms with Gasteiger partial charge in [-0.1, -0.05) is 73.5 Å². The summed E-state index contributed by atoms with van der Waals surface area (Å²) in [4.78, 5) is 27.3. The maximum atomic E-state index is 12.9. The van der Waals surface area contributed by atoms with Gasteiger partial charge in [0, 0.05) is 21.8 Å². The summed E-state index contributed by atoms with van der Waals surface area (Å²) >= 11 is 2.42. The number of rotatable bonds is 9. The highest BCUT2D eigenvalue weighted by Crippen LogP contribution is 2.30. The molecule has 0 atom stereocenters. The van der Waals surface area contributed by atoms with Crippen LogP contribution in [0, 0.1) is 0 Å². The van der Waals surface area contributed by atoms with E-state index in [2.05, 4.69) is 6.92 Å². The van der Waals surface area contributed by atoms with Gasteiger partial charge in [-0.3, -0.25) is 9.59 Å². The summed E-state index contributed by atoms with van der Waals surface area (Å²) in [5.74, 6) is 0. The van der Waals surface area contributed by atoms with Crippen molar-refractivity contribution in [3.8, 4) is 0 Å². The van der Waals surface area contributed by atoms with Crippen molar-refractivity contribution in [1.29, 1.82) is 0 Å². The van der Waals surface area contributed by atoms with Gasteiger partial charge in [-0.2, -0.15) is 0 Å². The quantitative estimate of drug-likeness (QED) is 0.261. The van der Waals surface area contributed by atoms with Gasteiger partial charge in [0.2, 0.25) is 5.12 Å². The molecular formula is C23H26O2S2. The van der Waals surface area contributed by atoms with Crippen LogP contribution in [-0.2, 0) is 9.59 Å². The van der Waals surface area contributed by atoms with Crippen LogP contribution in [0.5, 0.6) is 0 Å². The van der Waals surface area contributed by atoms with Gasteiger partial charge in [0.15, 0.2) is 5.12 Å². The molecule has 0 aromatic heterocycles. The molecule has 2 aromatic carbocycles. The molecule has 0 aliphatic carbocycles. The Morgan fingerprint density at radius 1 is 0.815 bits per heavy atom. The Morgan fingerprint density at radius 2 is 1.37 bits per heavy atom. The van der Waals surface area contributed by atoms with Crippen molar-refractivity contribution in [2.75, 3.05) is 0 Å². The maximum Gasteiger partial charge on any atom is 0.220 e. The molecule has 0 unspecified atom stereocenters. The summed E-state index contributed by atoms with van der Waals surface area (Å²) in [5.41, 5.74) is 1.70. The Labute approximate surface area is 170 Å². The Hall–Kier alpha value is -1.78. The Morgan fingerprint density at radius 3 is 1.93 bits per heavy atom. The van der Waals surface area contributed by atoms with E-state index in [1.165, 1.54) is 23.5 Å². The van der Waals surface area contributed by atoms with Crippen LogP contribution in [0.4, 0.5) is 0 Å². The third-order valence-corrected chi connectivity index (χ3v) is 5.99. The van der Waals surface area contributed by atoms with E-state index in [1.807, 2.05) is 67.6 Å². The number of benzene rings is 2. The molecule has 0 saturated heterocycles. The van der Waals surface area contributed by atoms with Gasteiger partial charge >= 0.3 is 0 Å². The van der Waals surface area contributed by atoms with Crippen LogP contribution in [0.2, 0.25) is 0 Å². The first kappa shape index (κ1) is 21.5. The molecule has 142 valence electrons. The van der Waals surface area contributed by atoms with Crippen LogP contribution >= 0.6 is 23.5 Å². The highest BCUT2D eigenvalue weighted by atomic mass is 32.2. The van der Waals surface area contributed by atoms with Crippen molar-refractivity contribution in [2.45, 2.75) is 55.7 Å². The summed E-state index contributed by atoms with van der Waals surface area (Å²) in [7, 11) is 0. The molecule has 2 rings (SSSR count). The predicted octanol–water partition coefficient (Wildman–Crippen LogP) is 6.91. The van der Waals surface area contributed by atoms with Crippen molar-refractivity contribution in [1.82, 2.24) is 0 Å². The number of unbranched alkanes of at least 4 members (excludes halogenated alkanes) is 2. The van der Waals surface area contributed by atoms with Crippen LogP contribution in [0.15, 0.2) is 81.6 Å². The second-order valence-electron chi connectivity index (χ2n) is 6.38. The lowest BCUT2D eigenvalue weighted by molar-refractivity contribution is -0.113. The van der Waals surface area contributed by atoms with Gasteiger partial charge in [0.25, 0.3) is 0 Å². The second kappa shape index (κ2) is 11.8. The number of thioether (sulfide) groups is 2. The van der Waals surface area contributed by atoms with Crippen molar-refractivity contribution in [3.05, 3.63) is 71.8 Å². The zero-order chi connectivity index (χ0) is 19.5. The minimum absolute atomic E-state index is 0.00746. The Balaban J connectivity index is 2.12. The lowest BCUT2D eigenvalue weighted by atomic mass is 10.0. The van der Waals surface area contributed by atoms with E-state index in [-0.39, 0.29) is 16.7 Å². The monoisotopic (exact) mass is 398 g/mol. The molecular weight excluding hydrogens is 372 g/mol. The fourth-order valence-electron chi connectivity index (χ4n) is 2.65. The summed E-state index contributed by atoms with van der Waals surface area (Å²) in [5, 5.41) is -0.00902. The van der Waals surface area contributed by atoms with E-state index < -0.39 is 0 Å². The van der Waals surface area contributed by atoms with Gasteiger partial charge in [-0.25, -0.2) is 0 Å². The molecule has 0 spiro atoms. The third kappa shape index (κ3) is 7.77. The molecule has 2 aromatic rings. The Bertz CT molecular complexity index is 767. The number of hydrogen-bond acceptors (Lipinski definition) is 4. The van der Waals surface area contributed by atoms with Crippen LogP contribution < -0.4 is 0 Å². The van der Waals surface area contributed by atoms with Gasteiger partial charge < -0.3 is 0 Å². The molecule has 0 radical (unpaired) electrons. The fourth-order valence-corrected chi connectivity index (χ4v) is 4.30. The minimum atomic E-state index is -0.0165. The van der Waals surface area contributed by atoms with Gasteiger partial charge in [-0.05, 0) is 55.8 Å². The first-order valence-corrected chi connectivity index (χ1v) is 10.9. The SMILES string of the molecule is CCCCC/C(C)=C(/CC(=O)Sc1ccccc1)C(=O)Sc1ccccc1. The molecule has 0 N–H and O–H groups in total. The summed E-state index contributed by atoms with van der Waals surface area (Å²) < 4.78 is 0. The first-order valence-electron chi connectivity index (χ1n) is 9.31. The van der Waals surface area contributed by atoms with Crippen LogP contribution in [-0.4, -0.2) is 10.2 Å². The van der Waals surface area contributed by atoms with E-state index in [9.17, 15) is 9.59 Å². The summed E-state index contributed by atoms with van der Waals surface area (Å²) in [6.45, 7) is 4.16. The van der Waals surface area contributed by atoms with E-state index in [0.29, 0.717) is 5.57 Å². The van der Waals surface area contributed by atoms with Crippen molar-refractivity contribution >= 4 is 33.8 Å². The lowest BCUT2D eigenvalue weighted by Gasteiger charge is -2.11. The molecule has 4 heteroatoms. The second-order valence-corrected chi connectivity index (χ2v) is 8.56. The molecule has 0 heterocycles. The Kier molecular flexibility index (Phi) is 9.43. The van der Waals surface area contributed by atoms with Gasteiger partial charge in [-0.15, -0.1) is 0 Å². The lowest BCUT2D eigenvalue weighted by Crippen LogP contribution is -2.06. The molecule has 0 amide bonds. The van der Waals surface area contributed by atoms with E-state index >= 15 is 0 Å². The molecule has 27 heavy (non-hydrogen) atoms. The smallest absolute Gasteiger partial charge is 0.220 e. The van der Waals surface area contributed by atoms with Crippen LogP contribution in [0.3, 0.4) is 0 Å². The average molecular weight is 399 g/mol. The largest absolute Gasteiger partial charge is 0.286 e. The zero-order valence-corrected chi connectivity index (χ0v) is 17.6. The molecule has 2 nitrogen and oxygen atoms in total. The average Bonchev–Trinajstić information content (AvgIpc) is 2.67. The van der Waals surface area contributed by atoms with Gasteiger partial charge in [0.1, 0.15) is 0 Å². The normalized spacial score (nSPS) is 11.8. The predicted molar refractivity (Wildman–Crippen MR) is 116 cm³/mol. The third-order valence-electron chi connectivity index (χ3n) is 4.17. The number of carbonyl (C=O) groups is 2. The van der Waals surface area contributed by atoms with Crippen molar-refractivity contribution < 1.29 is 9.59 Å². The van der Waals surface area contributed by atoms with E-state index in [4.69, 9.17) is 0 Å². The molecule has 0 aliphatic rings. The van der Waals surface area contributed by atoms with Crippen LogP contribution in [0.1, 0.15) is 46.0 Å². The highest BCUT2D eigenvalue weighted by molar-refractivity contribution is 8.14. The maximum absolute atomic E-state index is 12.9. The minimum Gasteiger partial charge on any atom is -0.286 e. The fraction of sp³-hybridized carbons (Fsp3) is 0.304. The number of hydrogen-bond donors (Lipinski definition) is 0. The molecule has 0 aliphatic heterocycles. The molecule has 0 fully saturated rings. The van der Waals surface area contributed by atoms with Gasteiger partial charge in [0.05, 0.1) is 0 Å². The topological polar surface area (TPSA) is 34.1 Å². The number of carbonyl (C=O) groups excluding carboxylic acids is 2. The first-order chi connectivity index (χ1) is 13.1. The summed E-state index contributed by atoms with van der Waals surface area (Å²) in [6.07, 6.45) is 4.37. The zero-order valence-electron chi connectivity index (χ0n) is 15.9. The molecule has 0 bridgehead atoms. The summed E-state index contributed by atoms with van der Waals surface area (Å²) in [6, 6.07) is 19.2. The standard InChI is InChI=1S/C23H26O2S2/c1-3-4-7-12-18(2)21(23(25)27-20-15-10-6-11-16-20)17-22(24)26-19-13-8-5-9-14-19/h5-6,8-11,13-16H,3-4,7,12,17H2,1-2H3/b21-18-. The molecule has 0 saturated carbocycles.